The first-order chi connectivity index (χ1) is 15.3. The number of piperidine rings is 2. The van der Waals surface area contributed by atoms with E-state index in [1.807, 2.05) is 12.1 Å². The Morgan fingerprint density at radius 2 is 1.66 bits per heavy atom. The van der Waals surface area contributed by atoms with Crippen LogP contribution >= 0.6 is 0 Å². The lowest BCUT2D eigenvalue weighted by Gasteiger charge is -2.46. The second-order valence-corrected chi connectivity index (χ2v) is 9.61. The Hall–Kier alpha value is -2.61. The highest BCUT2D eigenvalue weighted by molar-refractivity contribution is 6.00. The molecular formula is C24H34N4O4. The predicted molar refractivity (Wildman–Crippen MR) is 122 cm³/mol. The predicted octanol–water partition coefficient (Wildman–Crippen LogP) is 2.50. The smallest absolute Gasteiger partial charge is 0.407 e. The summed E-state index contributed by atoms with van der Waals surface area (Å²) in [4.78, 5) is 41.2. The van der Waals surface area contributed by atoms with Gasteiger partial charge in [-0.25, -0.2) is 4.79 Å². The van der Waals surface area contributed by atoms with Crippen LogP contribution in [0, 0.1) is 5.92 Å². The van der Waals surface area contributed by atoms with Gasteiger partial charge in [-0.2, -0.15) is 0 Å². The second-order valence-electron chi connectivity index (χ2n) is 9.61. The number of imide groups is 1. The normalized spacial score (nSPS) is 28.0. The number of rotatable bonds is 4. The van der Waals surface area contributed by atoms with Gasteiger partial charge in [-0.05, 0) is 56.7 Å². The summed E-state index contributed by atoms with van der Waals surface area (Å²) in [6.07, 6.45) is 2.39. The maximum absolute atomic E-state index is 12.1. The fourth-order valence-electron chi connectivity index (χ4n) is 5.47. The standard InChI is InChI=1S/C24H34N4O4/c1-16-13-27(24(31)32)14-17(2)28(16)15-18-9-11-26(12-10-18)20-5-3-19(4-6-20)21-7-8-22(29)25-23(21)30/h3-6,16-18,21H,7-15H2,1-2H3,(H,31,32)(H,25,29,30)/t16-,17?,21?/m0/s1. The SMILES string of the molecule is CC1CN(C(=O)O)C[C@H](C)N1CC1CCN(c2ccc(C3CCC(=O)NC3=O)cc2)CC1. The van der Waals surface area contributed by atoms with E-state index in [1.165, 1.54) is 10.6 Å². The molecule has 2 unspecified atom stereocenters. The number of anilines is 1. The van der Waals surface area contributed by atoms with Crippen molar-refractivity contribution in [3.05, 3.63) is 29.8 Å². The highest BCUT2D eigenvalue weighted by Crippen LogP contribution is 2.29. The topological polar surface area (TPSA) is 93.2 Å². The van der Waals surface area contributed by atoms with Crippen LogP contribution in [0.1, 0.15) is 51.0 Å². The summed E-state index contributed by atoms with van der Waals surface area (Å²) < 4.78 is 0. The maximum atomic E-state index is 12.1. The van der Waals surface area contributed by atoms with Crippen molar-refractivity contribution < 1.29 is 19.5 Å². The third-order valence-electron chi connectivity index (χ3n) is 7.36. The molecular weight excluding hydrogens is 408 g/mol. The average molecular weight is 443 g/mol. The number of hydrogen-bond donors (Lipinski definition) is 2. The summed E-state index contributed by atoms with van der Waals surface area (Å²) in [5.74, 6) is 0.00841. The Balaban J connectivity index is 1.29. The first-order valence-electron chi connectivity index (χ1n) is 11.7. The van der Waals surface area contributed by atoms with Crippen molar-refractivity contribution in [3.63, 3.8) is 0 Å². The Morgan fingerprint density at radius 1 is 1.03 bits per heavy atom. The first kappa shape index (κ1) is 22.6. The number of carboxylic acid groups (broad SMARTS) is 1. The number of carbonyl (C=O) groups is 3. The minimum Gasteiger partial charge on any atom is -0.465 e. The number of piperazine rings is 1. The molecule has 3 aliphatic heterocycles. The van der Waals surface area contributed by atoms with Gasteiger partial charge in [0.25, 0.3) is 0 Å². The molecule has 3 atom stereocenters. The molecule has 2 N–H and O–H groups in total. The molecule has 3 saturated heterocycles. The van der Waals surface area contributed by atoms with Gasteiger partial charge in [0, 0.05) is 56.9 Å². The first-order valence-corrected chi connectivity index (χ1v) is 11.7. The molecule has 32 heavy (non-hydrogen) atoms. The molecule has 0 spiro atoms. The van der Waals surface area contributed by atoms with Gasteiger partial charge in [0.05, 0.1) is 5.92 Å². The lowest BCUT2D eigenvalue weighted by Crippen LogP contribution is -2.59. The number of amides is 3. The summed E-state index contributed by atoms with van der Waals surface area (Å²) in [6.45, 7) is 8.45. The van der Waals surface area contributed by atoms with Crippen LogP contribution in [0.3, 0.4) is 0 Å². The molecule has 3 fully saturated rings. The molecule has 3 heterocycles. The second kappa shape index (κ2) is 9.48. The highest BCUT2D eigenvalue weighted by atomic mass is 16.4. The minimum atomic E-state index is -0.819. The van der Waals surface area contributed by atoms with E-state index < -0.39 is 6.09 Å². The molecule has 3 amide bonds. The van der Waals surface area contributed by atoms with Crippen LogP contribution in [-0.2, 0) is 9.59 Å². The molecule has 0 aromatic heterocycles. The van der Waals surface area contributed by atoms with Crippen molar-refractivity contribution in [2.45, 2.75) is 57.5 Å². The van der Waals surface area contributed by atoms with Crippen molar-refractivity contribution in [2.24, 2.45) is 5.92 Å². The summed E-state index contributed by atoms with van der Waals surface area (Å²) >= 11 is 0. The van der Waals surface area contributed by atoms with Crippen molar-refractivity contribution in [1.82, 2.24) is 15.1 Å². The van der Waals surface area contributed by atoms with Gasteiger partial charge >= 0.3 is 6.09 Å². The van der Waals surface area contributed by atoms with Crippen molar-refractivity contribution >= 4 is 23.6 Å². The van der Waals surface area contributed by atoms with Crippen LogP contribution in [0.5, 0.6) is 0 Å². The zero-order valence-corrected chi connectivity index (χ0v) is 19.0. The average Bonchev–Trinajstić information content (AvgIpc) is 2.77. The lowest BCUT2D eigenvalue weighted by atomic mass is 9.90. The van der Waals surface area contributed by atoms with Gasteiger partial charge in [0.2, 0.25) is 11.8 Å². The number of nitrogens with zero attached hydrogens (tertiary/aromatic N) is 3. The van der Waals surface area contributed by atoms with Crippen LogP contribution in [0.4, 0.5) is 10.5 Å². The number of benzene rings is 1. The van der Waals surface area contributed by atoms with Gasteiger partial charge < -0.3 is 14.9 Å². The third kappa shape index (κ3) is 4.90. The number of hydrogen-bond acceptors (Lipinski definition) is 5. The highest BCUT2D eigenvalue weighted by Gasteiger charge is 2.34. The van der Waals surface area contributed by atoms with E-state index in [-0.39, 0.29) is 29.8 Å². The van der Waals surface area contributed by atoms with Crippen molar-refractivity contribution in [3.8, 4) is 0 Å². The minimum absolute atomic E-state index is 0.182. The Kier molecular flexibility index (Phi) is 6.69. The van der Waals surface area contributed by atoms with Crippen molar-refractivity contribution in [2.75, 3.05) is 37.6 Å². The van der Waals surface area contributed by atoms with Crippen LogP contribution in [0.15, 0.2) is 24.3 Å². The number of carbonyl (C=O) groups excluding carboxylic acids is 2. The summed E-state index contributed by atoms with van der Waals surface area (Å²) in [5.41, 5.74) is 2.15. The molecule has 3 aliphatic rings. The quantitative estimate of drug-likeness (QED) is 0.696. The fraction of sp³-hybridized carbons (Fsp3) is 0.625. The largest absolute Gasteiger partial charge is 0.465 e. The Labute approximate surface area is 189 Å². The van der Waals surface area contributed by atoms with Crippen LogP contribution in [-0.4, -0.2) is 77.6 Å². The van der Waals surface area contributed by atoms with E-state index in [0.717, 1.165) is 38.0 Å². The summed E-state index contributed by atoms with van der Waals surface area (Å²) in [6, 6.07) is 8.71. The third-order valence-corrected chi connectivity index (χ3v) is 7.36. The number of nitrogens with one attached hydrogen (secondary N) is 1. The van der Waals surface area contributed by atoms with Crippen LogP contribution in [0.25, 0.3) is 0 Å². The molecule has 1 aromatic carbocycles. The van der Waals surface area contributed by atoms with Crippen LogP contribution < -0.4 is 10.2 Å². The molecule has 0 radical (unpaired) electrons. The van der Waals surface area contributed by atoms with E-state index in [2.05, 4.69) is 41.1 Å². The lowest BCUT2D eigenvalue weighted by molar-refractivity contribution is -0.134. The molecule has 0 aliphatic carbocycles. The van der Waals surface area contributed by atoms with E-state index in [1.54, 1.807) is 0 Å². The van der Waals surface area contributed by atoms with E-state index in [9.17, 15) is 19.5 Å². The van der Waals surface area contributed by atoms with Gasteiger partial charge in [0.15, 0.2) is 0 Å². The Morgan fingerprint density at radius 3 is 2.22 bits per heavy atom. The monoisotopic (exact) mass is 442 g/mol. The Bertz CT molecular complexity index is 838. The molecule has 0 bridgehead atoms. The van der Waals surface area contributed by atoms with E-state index >= 15 is 0 Å². The van der Waals surface area contributed by atoms with E-state index in [4.69, 9.17) is 0 Å². The molecule has 0 saturated carbocycles. The zero-order valence-electron chi connectivity index (χ0n) is 19.0. The fourth-order valence-corrected chi connectivity index (χ4v) is 5.47. The van der Waals surface area contributed by atoms with Gasteiger partial charge in [-0.15, -0.1) is 0 Å². The van der Waals surface area contributed by atoms with Gasteiger partial charge in [0.1, 0.15) is 0 Å². The summed E-state index contributed by atoms with van der Waals surface area (Å²) in [7, 11) is 0. The zero-order chi connectivity index (χ0) is 22.8. The molecule has 8 heteroatoms. The van der Waals surface area contributed by atoms with Gasteiger partial charge in [-0.1, -0.05) is 12.1 Å². The maximum Gasteiger partial charge on any atom is 0.407 e. The van der Waals surface area contributed by atoms with Crippen molar-refractivity contribution in [1.29, 1.82) is 0 Å². The van der Waals surface area contributed by atoms with Crippen LogP contribution in [0.2, 0.25) is 0 Å². The summed E-state index contributed by atoms with van der Waals surface area (Å²) in [5, 5.41) is 11.7. The molecule has 4 rings (SSSR count). The molecule has 174 valence electrons. The van der Waals surface area contributed by atoms with E-state index in [0.29, 0.717) is 31.8 Å². The van der Waals surface area contributed by atoms with Gasteiger partial charge in [-0.3, -0.25) is 19.8 Å². The molecule has 8 nitrogen and oxygen atoms in total. The molecule has 1 aromatic rings.